The lowest BCUT2D eigenvalue weighted by molar-refractivity contribution is 0.0608. The van der Waals surface area contributed by atoms with Gasteiger partial charge in [0, 0.05) is 33.4 Å². The molecule has 0 saturated carbocycles. The maximum absolute atomic E-state index is 12.3. The highest BCUT2D eigenvalue weighted by molar-refractivity contribution is 5.92. The van der Waals surface area contributed by atoms with Crippen molar-refractivity contribution in [1.29, 1.82) is 0 Å². The number of hydrogen-bond donors (Lipinski definition) is 1. The number of nitrogens with one attached hydrogen (secondary N) is 1. The highest BCUT2D eigenvalue weighted by atomic mass is 16.5. The third-order valence-electron chi connectivity index (χ3n) is 3.53. The van der Waals surface area contributed by atoms with Gasteiger partial charge in [0.05, 0.1) is 12.4 Å². The van der Waals surface area contributed by atoms with Crippen molar-refractivity contribution in [2.24, 2.45) is 5.92 Å². The van der Waals surface area contributed by atoms with Crippen LogP contribution >= 0.6 is 0 Å². The van der Waals surface area contributed by atoms with E-state index in [1.165, 1.54) is 0 Å². The predicted molar refractivity (Wildman–Crippen MR) is 76.7 cm³/mol. The fourth-order valence-electron chi connectivity index (χ4n) is 2.41. The Hall–Kier alpha value is -1.69. The second kappa shape index (κ2) is 7.19. The standard InChI is InChI=1S/C14H22N4O2/c1-3-15-13-9-16-12(8-17-13)14(19)18-6-4-11(5-7-18)10-20-2/h8-9,11H,3-7,10H2,1-2H3,(H,15,17). The van der Waals surface area contributed by atoms with E-state index in [0.717, 1.165) is 39.1 Å². The largest absolute Gasteiger partial charge is 0.384 e. The number of aromatic nitrogens is 2. The van der Waals surface area contributed by atoms with E-state index >= 15 is 0 Å². The number of hydrogen-bond acceptors (Lipinski definition) is 5. The van der Waals surface area contributed by atoms with Crippen molar-refractivity contribution in [2.75, 3.05) is 38.7 Å². The van der Waals surface area contributed by atoms with Crippen LogP contribution in [0.25, 0.3) is 0 Å². The molecule has 6 heteroatoms. The van der Waals surface area contributed by atoms with Gasteiger partial charge in [0.2, 0.25) is 0 Å². The second-order valence-electron chi connectivity index (χ2n) is 5.01. The van der Waals surface area contributed by atoms with Crippen LogP contribution < -0.4 is 5.32 Å². The van der Waals surface area contributed by atoms with Crippen LogP contribution in [-0.4, -0.2) is 54.1 Å². The number of carbonyl (C=O) groups is 1. The summed E-state index contributed by atoms with van der Waals surface area (Å²) >= 11 is 0. The molecule has 2 rings (SSSR count). The Morgan fingerprint density at radius 1 is 1.40 bits per heavy atom. The highest BCUT2D eigenvalue weighted by Gasteiger charge is 2.24. The summed E-state index contributed by atoms with van der Waals surface area (Å²) in [7, 11) is 1.72. The average Bonchev–Trinajstić information content (AvgIpc) is 2.49. The first-order valence-electron chi connectivity index (χ1n) is 7.08. The van der Waals surface area contributed by atoms with Gasteiger partial charge in [-0.3, -0.25) is 4.79 Å². The third kappa shape index (κ3) is 3.66. The first kappa shape index (κ1) is 14.7. The summed E-state index contributed by atoms with van der Waals surface area (Å²) in [4.78, 5) is 22.5. The molecule has 0 atom stereocenters. The second-order valence-corrected chi connectivity index (χ2v) is 5.01. The van der Waals surface area contributed by atoms with Crippen molar-refractivity contribution in [2.45, 2.75) is 19.8 Å². The monoisotopic (exact) mass is 278 g/mol. The molecular formula is C14H22N4O2. The van der Waals surface area contributed by atoms with Crippen molar-refractivity contribution in [3.8, 4) is 0 Å². The topological polar surface area (TPSA) is 67.4 Å². The Balaban J connectivity index is 1.91. The van der Waals surface area contributed by atoms with Crippen LogP contribution in [0.5, 0.6) is 0 Å². The maximum Gasteiger partial charge on any atom is 0.274 e. The van der Waals surface area contributed by atoms with Crippen molar-refractivity contribution in [3.63, 3.8) is 0 Å². The minimum atomic E-state index is -0.0311. The van der Waals surface area contributed by atoms with Gasteiger partial charge < -0.3 is 15.0 Å². The molecule has 110 valence electrons. The SMILES string of the molecule is CCNc1cnc(C(=O)N2CCC(COC)CC2)cn1. The maximum atomic E-state index is 12.3. The Kier molecular flexibility index (Phi) is 5.29. The van der Waals surface area contributed by atoms with Gasteiger partial charge in [0.25, 0.3) is 5.91 Å². The van der Waals surface area contributed by atoms with Crippen LogP contribution in [0.4, 0.5) is 5.82 Å². The van der Waals surface area contributed by atoms with E-state index < -0.39 is 0 Å². The van der Waals surface area contributed by atoms with E-state index in [-0.39, 0.29) is 5.91 Å². The minimum absolute atomic E-state index is 0.0311. The summed E-state index contributed by atoms with van der Waals surface area (Å²) < 4.78 is 5.17. The predicted octanol–water partition coefficient (Wildman–Crippen LogP) is 1.41. The molecule has 0 spiro atoms. The van der Waals surface area contributed by atoms with Crippen LogP contribution in [0.3, 0.4) is 0 Å². The molecule has 1 aromatic rings. The van der Waals surface area contributed by atoms with Crippen LogP contribution in [0.15, 0.2) is 12.4 Å². The van der Waals surface area contributed by atoms with E-state index in [1.54, 1.807) is 19.5 Å². The van der Waals surface area contributed by atoms with Gasteiger partial charge in [-0.05, 0) is 25.7 Å². The van der Waals surface area contributed by atoms with Gasteiger partial charge in [0.1, 0.15) is 11.5 Å². The van der Waals surface area contributed by atoms with Crippen molar-refractivity contribution in [3.05, 3.63) is 18.1 Å². The summed E-state index contributed by atoms with van der Waals surface area (Å²) in [6.45, 7) is 5.09. The average molecular weight is 278 g/mol. The number of nitrogens with zero attached hydrogens (tertiary/aromatic N) is 3. The molecular weight excluding hydrogens is 256 g/mol. The smallest absolute Gasteiger partial charge is 0.274 e. The van der Waals surface area contributed by atoms with E-state index in [2.05, 4.69) is 15.3 Å². The molecule has 2 heterocycles. The Bertz CT molecular complexity index is 427. The molecule has 1 saturated heterocycles. The van der Waals surface area contributed by atoms with E-state index in [9.17, 15) is 4.79 Å². The Morgan fingerprint density at radius 3 is 2.70 bits per heavy atom. The van der Waals surface area contributed by atoms with Crippen LogP contribution in [0.2, 0.25) is 0 Å². The zero-order valence-electron chi connectivity index (χ0n) is 12.1. The molecule has 0 unspecified atom stereocenters. The van der Waals surface area contributed by atoms with Crippen molar-refractivity contribution in [1.82, 2.24) is 14.9 Å². The molecule has 1 aliphatic rings. The molecule has 1 amide bonds. The number of piperidine rings is 1. The van der Waals surface area contributed by atoms with E-state index in [4.69, 9.17) is 4.74 Å². The highest BCUT2D eigenvalue weighted by Crippen LogP contribution is 2.18. The van der Waals surface area contributed by atoms with Gasteiger partial charge in [-0.25, -0.2) is 9.97 Å². The molecule has 20 heavy (non-hydrogen) atoms. The van der Waals surface area contributed by atoms with Gasteiger partial charge in [0.15, 0.2) is 0 Å². The molecule has 0 bridgehead atoms. The first-order chi connectivity index (χ1) is 9.74. The fraction of sp³-hybridized carbons (Fsp3) is 0.643. The first-order valence-corrected chi connectivity index (χ1v) is 7.08. The van der Waals surface area contributed by atoms with Gasteiger partial charge in [-0.2, -0.15) is 0 Å². The summed E-state index contributed by atoms with van der Waals surface area (Å²) in [5, 5.41) is 3.06. The lowest BCUT2D eigenvalue weighted by Crippen LogP contribution is -2.39. The summed E-state index contributed by atoms with van der Waals surface area (Å²) in [5.41, 5.74) is 0.414. The summed E-state index contributed by atoms with van der Waals surface area (Å²) in [6, 6.07) is 0. The van der Waals surface area contributed by atoms with Gasteiger partial charge in [-0.1, -0.05) is 0 Å². The van der Waals surface area contributed by atoms with Crippen LogP contribution in [0.1, 0.15) is 30.3 Å². The molecule has 0 aromatic carbocycles. The molecule has 0 aliphatic carbocycles. The van der Waals surface area contributed by atoms with Crippen molar-refractivity contribution < 1.29 is 9.53 Å². The van der Waals surface area contributed by atoms with Gasteiger partial charge in [-0.15, -0.1) is 0 Å². The molecule has 1 N–H and O–H groups in total. The zero-order chi connectivity index (χ0) is 14.4. The van der Waals surface area contributed by atoms with Crippen LogP contribution in [-0.2, 0) is 4.74 Å². The summed E-state index contributed by atoms with van der Waals surface area (Å²) in [6.07, 6.45) is 5.13. The number of likely N-dealkylation sites (tertiary alicyclic amines) is 1. The fourth-order valence-corrected chi connectivity index (χ4v) is 2.41. The quantitative estimate of drug-likeness (QED) is 0.882. The number of methoxy groups -OCH3 is 1. The number of rotatable bonds is 5. The minimum Gasteiger partial charge on any atom is -0.384 e. The zero-order valence-corrected chi connectivity index (χ0v) is 12.1. The van der Waals surface area contributed by atoms with Crippen LogP contribution in [0, 0.1) is 5.92 Å². The molecule has 6 nitrogen and oxygen atoms in total. The molecule has 1 aliphatic heterocycles. The number of ether oxygens (including phenoxy) is 1. The Labute approximate surface area is 119 Å². The number of anilines is 1. The normalized spacial score (nSPS) is 16.2. The van der Waals surface area contributed by atoms with Crippen molar-refractivity contribution >= 4 is 11.7 Å². The van der Waals surface area contributed by atoms with E-state index in [1.807, 2.05) is 11.8 Å². The molecule has 1 fully saturated rings. The summed E-state index contributed by atoms with van der Waals surface area (Å²) in [5.74, 6) is 1.23. The lowest BCUT2D eigenvalue weighted by Gasteiger charge is -2.31. The third-order valence-corrected chi connectivity index (χ3v) is 3.53. The number of carbonyl (C=O) groups excluding carboxylic acids is 1. The molecule has 0 radical (unpaired) electrons. The number of amides is 1. The Morgan fingerprint density at radius 2 is 2.15 bits per heavy atom. The van der Waals surface area contributed by atoms with E-state index in [0.29, 0.717) is 17.4 Å². The van der Waals surface area contributed by atoms with Gasteiger partial charge >= 0.3 is 0 Å². The molecule has 1 aromatic heterocycles. The lowest BCUT2D eigenvalue weighted by atomic mass is 9.97.